The molecule has 0 radical (unpaired) electrons. The van der Waals surface area contributed by atoms with E-state index in [4.69, 9.17) is 0 Å². The van der Waals surface area contributed by atoms with Crippen molar-refractivity contribution in [3.8, 4) is 0 Å². The fourth-order valence-corrected chi connectivity index (χ4v) is 4.56. The van der Waals surface area contributed by atoms with Gasteiger partial charge < -0.3 is 14.7 Å². The van der Waals surface area contributed by atoms with Crippen molar-refractivity contribution in [1.29, 1.82) is 0 Å². The van der Waals surface area contributed by atoms with Crippen molar-refractivity contribution in [3.05, 3.63) is 60.4 Å². The van der Waals surface area contributed by atoms with Gasteiger partial charge in [-0.2, -0.15) is 0 Å². The lowest BCUT2D eigenvalue weighted by Gasteiger charge is -2.36. The number of hydrogen-bond acceptors (Lipinski definition) is 4. The SMILES string of the molecule is CN1CC(C(=O)N(CCCN2CCN(c3ccc(F)cc3)CC2)c2ccccc2)CC1=O. The van der Waals surface area contributed by atoms with Crippen LogP contribution in [0.3, 0.4) is 0 Å². The summed E-state index contributed by atoms with van der Waals surface area (Å²) >= 11 is 0. The second-order valence-electron chi connectivity index (χ2n) is 8.66. The Balaban J connectivity index is 1.30. The molecule has 2 aliphatic rings. The lowest BCUT2D eigenvalue weighted by atomic mass is 10.1. The van der Waals surface area contributed by atoms with Crippen LogP contribution in [0.4, 0.5) is 15.8 Å². The Morgan fingerprint density at radius 3 is 2.34 bits per heavy atom. The highest BCUT2D eigenvalue weighted by atomic mass is 19.1. The molecule has 7 heteroatoms. The minimum atomic E-state index is -0.271. The zero-order valence-electron chi connectivity index (χ0n) is 18.6. The summed E-state index contributed by atoms with van der Waals surface area (Å²) < 4.78 is 13.2. The van der Waals surface area contributed by atoms with E-state index in [-0.39, 0.29) is 23.5 Å². The molecule has 0 spiro atoms. The van der Waals surface area contributed by atoms with Gasteiger partial charge >= 0.3 is 0 Å². The maximum atomic E-state index is 13.2. The Labute approximate surface area is 189 Å². The van der Waals surface area contributed by atoms with Gasteiger partial charge in [-0.05, 0) is 49.4 Å². The third kappa shape index (κ3) is 5.27. The fraction of sp³-hybridized carbons (Fsp3) is 0.440. The zero-order valence-corrected chi connectivity index (χ0v) is 18.6. The van der Waals surface area contributed by atoms with E-state index in [1.165, 1.54) is 12.1 Å². The number of halogens is 1. The molecule has 32 heavy (non-hydrogen) atoms. The van der Waals surface area contributed by atoms with Crippen molar-refractivity contribution in [2.45, 2.75) is 12.8 Å². The number of benzene rings is 2. The van der Waals surface area contributed by atoms with Gasteiger partial charge in [-0.15, -0.1) is 0 Å². The van der Waals surface area contributed by atoms with Crippen molar-refractivity contribution in [2.24, 2.45) is 5.92 Å². The van der Waals surface area contributed by atoms with Crippen molar-refractivity contribution in [1.82, 2.24) is 9.80 Å². The van der Waals surface area contributed by atoms with Crippen LogP contribution in [-0.4, -0.2) is 74.5 Å². The van der Waals surface area contributed by atoms with Gasteiger partial charge in [-0.1, -0.05) is 18.2 Å². The molecule has 0 N–H and O–H groups in total. The van der Waals surface area contributed by atoms with Gasteiger partial charge in [-0.3, -0.25) is 14.5 Å². The average molecular weight is 439 g/mol. The second kappa shape index (κ2) is 10.1. The van der Waals surface area contributed by atoms with Gasteiger partial charge in [0.25, 0.3) is 0 Å². The van der Waals surface area contributed by atoms with Crippen molar-refractivity contribution in [3.63, 3.8) is 0 Å². The number of carbonyl (C=O) groups is 2. The van der Waals surface area contributed by atoms with E-state index in [0.717, 1.165) is 50.5 Å². The molecule has 2 heterocycles. The number of hydrogen-bond donors (Lipinski definition) is 0. The predicted octanol–water partition coefficient (Wildman–Crippen LogP) is 2.85. The molecule has 1 unspecified atom stereocenters. The molecule has 1 atom stereocenters. The van der Waals surface area contributed by atoms with E-state index in [0.29, 0.717) is 19.5 Å². The lowest BCUT2D eigenvalue weighted by molar-refractivity contribution is -0.127. The van der Waals surface area contributed by atoms with Crippen LogP contribution in [0.15, 0.2) is 54.6 Å². The zero-order chi connectivity index (χ0) is 22.5. The molecule has 2 saturated heterocycles. The molecular formula is C25H31FN4O2. The molecule has 0 bridgehead atoms. The van der Waals surface area contributed by atoms with Crippen LogP contribution < -0.4 is 9.80 Å². The minimum absolute atomic E-state index is 0.0371. The van der Waals surface area contributed by atoms with Crippen LogP contribution in [-0.2, 0) is 9.59 Å². The Bertz CT molecular complexity index is 913. The van der Waals surface area contributed by atoms with Crippen molar-refractivity contribution >= 4 is 23.2 Å². The van der Waals surface area contributed by atoms with E-state index >= 15 is 0 Å². The molecule has 2 fully saturated rings. The normalized spacial score (nSPS) is 19.4. The number of amides is 2. The number of likely N-dealkylation sites (tertiary alicyclic amines) is 1. The van der Waals surface area contributed by atoms with E-state index in [2.05, 4.69) is 9.80 Å². The highest BCUT2D eigenvalue weighted by molar-refractivity contribution is 5.98. The second-order valence-corrected chi connectivity index (χ2v) is 8.66. The van der Waals surface area contributed by atoms with Gasteiger partial charge in [0.2, 0.25) is 11.8 Å². The third-order valence-corrected chi connectivity index (χ3v) is 6.44. The smallest absolute Gasteiger partial charge is 0.232 e. The van der Waals surface area contributed by atoms with Gasteiger partial charge in [0, 0.05) is 64.1 Å². The van der Waals surface area contributed by atoms with Gasteiger partial charge in [0.15, 0.2) is 0 Å². The first-order chi connectivity index (χ1) is 15.5. The molecule has 2 aliphatic heterocycles. The summed E-state index contributed by atoms with van der Waals surface area (Å²) in [4.78, 5) is 33.4. The van der Waals surface area contributed by atoms with Crippen molar-refractivity contribution < 1.29 is 14.0 Å². The van der Waals surface area contributed by atoms with Crippen LogP contribution in [0.2, 0.25) is 0 Å². The molecule has 6 nitrogen and oxygen atoms in total. The molecule has 4 rings (SSSR count). The monoisotopic (exact) mass is 438 g/mol. The number of piperazine rings is 1. The largest absolute Gasteiger partial charge is 0.369 e. The number of rotatable bonds is 7. The number of nitrogens with zero attached hydrogens (tertiary/aromatic N) is 4. The van der Waals surface area contributed by atoms with Crippen molar-refractivity contribution in [2.75, 3.05) is 62.7 Å². The maximum absolute atomic E-state index is 13.2. The Morgan fingerprint density at radius 2 is 1.72 bits per heavy atom. The lowest BCUT2D eigenvalue weighted by Crippen LogP contribution is -2.47. The molecule has 0 saturated carbocycles. The number of carbonyl (C=O) groups excluding carboxylic acids is 2. The molecule has 0 aliphatic carbocycles. The van der Waals surface area contributed by atoms with Gasteiger partial charge in [-0.25, -0.2) is 4.39 Å². The summed E-state index contributed by atoms with van der Waals surface area (Å²) in [5.41, 5.74) is 1.95. The molecule has 170 valence electrons. The van der Waals surface area contributed by atoms with Gasteiger partial charge in [0.1, 0.15) is 5.82 Å². The predicted molar refractivity (Wildman–Crippen MR) is 124 cm³/mol. The summed E-state index contributed by atoms with van der Waals surface area (Å²) in [5, 5.41) is 0. The van der Waals surface area contributed by atoms with Crippen LogP contribution in [0.1, 0.15) is 12.8 Å². The summed E-state index contributed by atoms with van der Waals surface area (Å²) in [6, 6.07) is 16.4. The molecule has 2 aromatic rings. The van der Waals surface area contributed by atoms with E-state index in [1.807, 2.05) is 47.4 Å². The summed E-state index contributed by atoms with van der Waals surface area (Å²) in [6.45, 7) is 5.74. The molecule has 2 aromatic carbocycles. The topological polar surface area (TPSA) is 47.1 Å². The molecular weight excluding hydrogens is 407 g/mol. The highest BCUT2D eigenvalue weighted by Gasteiger charge is 2.35. The number of anilines is 2. The minimum Gasteiger partial charge on any atom is -0.369 e. The maximum Gasteiger partial charge on any atom is 0.232 e. The summed E-state index contributed by atoms with van der Waals surface area (Å²) in [6.07, 6.45) is 1.16. The van der Waals surface area contributed by atoms with Crippen LogP contribution in [0.25, 0.3) is 0 Å². The first-order valence-electron chi connectivity index (χ1n) is 11.3. The standard InChI is InChI=1S/C25H31FN4O2/c1-27-19-20(18-24(27)31)25(32)30(23-6-3-2-4-7-23)13-5-12-28-14-16-29(17-15-28)22-10-8-21(26)9-11-22/h2-4,6-11,20H,5,12-19H2,1H3. The molecule has 2 amide bonds. The van der Waals surface area contributed by atoms with E-state index < -0.39 is 0 Å². The summed E-state index contributed by atoms with van der Waals surface area (Å²) in [5.74, 6) is -0.407. The quantitative estimate of drug-likeness (QED) is 0.667. The fourth-order valence-electron chi connectivity index (χ4n) is 4.56. The van der Waals surface area contributed by atoms with Crippen LogP contribution >= 0.6 is 0 Å². The first-order valence-corrected chi connectivity index (χ1v) is 11.3. The number of para-hydroxylation sites is 1. The summed E-state index contributed by atoms with van der Waals surface area (Å²) in [7, 11) is 1.76. The first kappa shape index (κ1) is 22.3. The Kier molecular flexibility index (Phi) is 7.05. The van der Waals surface area contributed by atoms with Crippen LogP contribution in [0, 0.1) is 11.7 Å². The van der Waals surface area contributed by atoms with Crippen LogP contribution in [0.5, 0.6) is 0 Å². The van der Waals surface area contributed by atoms with E-state index in [9.17, 15) is 14.0 Å². The Morgan fingerprint density at radius 1 is 1.03 bits per heavy atom. The van der Waals surface area contributed by atoms with E-state index in [1.54, 1.807) is 11.9 Å². The van der Waals surface area contributed by atoms with Gasteiger partial charge in [0.05, 0.1) is 5.92 Å². The highest BCUT2D eigenvalue weighted by Crippen LogP contribution is 2.23. The average Bonchev–Trinajstić information content (AvgIpc) is 3.16. The Hall–Kier alpha value is -2.93. The molecule has 0 aromatic heterocycles. The third-order valence-electron chi connectivity index (χ3n) is 6.44.